The fraction of sp³-hybridized carbons (Fsp3) is 0.467. The van der Waals surface area contributed by atoms with Crippen molar-refractivity contribution in [3.8, 4) is 0 Å². The number of nitrogens with one attached hydrogen (secondary N) is 1. The van der Waals surface area contributed by atoms with Gasteiger partial charge in [-0.2, -0.15) is 0 Å². The molecule has 1 unspecified atom stereocenters. The van der Waals surface area contributed by atoms with E-state index in [1.165, 1.54) is 0 Å². The van der Waals surface area contributed by atoms with Crippen LogP contribution in [-0.4, -0.2) is 49.6 Å². The molecule has 1 amide bonds. The van der Waals surface area contributed by atoms with E-state index in [1.54, 1.807) is 36.2 Å². The molecule has 108 valence electrons. The van der Waals surface area contributed by atoms with Gasteiger partial charge >= 0.3 is 5.97 Å². The summed E-state index contributed by atoms with van der Waals surface area (Å²) in [5.74, 6) is -0.288. The molecule has 20 heavy (non-hydrogen) atoms. The highest BCUT2D eigenvalue weighted by Crippen LogP contribution is 2.07. The van der Waals surface area contributed by atoms with Crippen molar-refractivity contribution in [2.45, 2.75) is 18.9 Å². The van der Waals surface area contributed by atoms with Crippen LogP contribution in [0.4, 0.5) is 0 Å². The molecule has 0 radical (unpaired) electrons. The molecule has 0 aliphatic carbocycles. The highest BCUT2D eigenvalue weighted by Gasteiger charge is 2.24. The lowest BCUT2D eigenvalue weighted by Crippen LogP contribution is -2.42. The Morgan fingerprint density at radius 3 is 2.75 bits per heavy atom. The van der Waals surface area contributed by atoms with Crippen molar-refractivity contribution < 1.29 is 14.3 Å². The lowest BCUT2D eigenvalue weighted by atomic mass is 10.2. The molecule has 1 N–H and O–H groups in total. The first kappa shape index (κ1) is 14.5. The standard InChI is InChI=1S/C15H20N2O3/c1-17(14(18)13-8-5-9-16-13)10-11-20-15(19)12-6-3-2-4-7-12/h2-4,6-7,13,16H,5,8-11H2,1H3. The fourth-order valence-electron chi connectivity index (χ4n) is 2.20. The summed E-state index contributed by atoms with van der Waals surface area (Å²) in [4.78, 5) is 25.3. The summed E-state index contributed by atoms with van der Waals surface area (Å²) in [7, 11) is 1.73. The number of carbonyl (C=O) groups excluding carboxylic acids is 2. The average Bonchev–Trinajstić information content (AvgIpc) is 3.01. The smallest absolute Gasteiger partial charge is 0.338 e. The van der Waals surface area contributed by atoms with Crippen LogP contribution >= 0.6 is 0 Å². The molecule has 1 heterocycles. The molecular formula is C15H20N2O3. The molecular weight excluding hydrogens is 256 g/mol. The highest BCUT2D eigenvalue weighted by atomic mass is 16.5. The fourth-order valence-corrected chi connectivity index (χ4v) is 2.20. The van der Waals surface area contributed by atoms with Crippen molar-refractivity contribution in [3.05, 3.63) is 35.9 Å². The molecule has 0 spiro atoms. The van der Waals surface area contributed by atoms with Crippen LogP contribution in [-0.2, 0) is 9.53 Å². The maximum absolute atomic E-state index is 12.0. The van der Waals surface area contributed by atoms with E-state index in [1.807, 2.05) is 6.07 Å². The number of benzene rings is 1. The van der Waals surface area contributed by atoms with Crippen molar-refractivity contribution >= 4 is 11.9 Å². The Labute approximate surface area is 118 Å². The number of carbonyl (C=O) groups is 2. The second kappa shape index (κ2) is 7.05. The van der Waals surface area contributed by atoms with Crippen LogP contribution in [0, 0.1) is 0 Å². The van der Waals surface area contributed by atoms with Crippen molar-refractivity contribution in [1.82, 2.24) is 10.2 Å². The van der Waals surface area contributed by atoms with Gasteiger partial charge in [-0.25, -0.2) is 4.79 Å². The SMILES string of the molecule is CN(CCOC(=O)c1ccccc1)C(=O)C1CCCN1. The van der Waals surface area contributed by atoms with Gasteiger partial charge in [0.1, 0.15) is 6.61 Å². The van der Waals surface area contributed by atoms with Crippen LogP contribution < -0.4 is 5.32 Å². The first-order valence-electron chi connectivity index (χ1n) is 6.89. The van der Waals surface area contributed by atoms with E-state index in [0.29, 0.717) is 12.1 Å². The van der Waals surface area contributed by atoms with E-state index in [4.69, 9.17) is 4.74 Å². The van der Waals surface area contributed by atoms with E-state index in [9.17, 15) is 9.59 Å². The minimum atomic E-state index is -0.356. The van der Waals surface area contributed by atoms with Crippen molar-refractivity contribution in [1.29, 1.82) is 0 Å². The molecule has 1 saturated heterocycles. The summed E-state index contributed by atoms with van der Waals surface area (Å²) in [5.41, 5.74) is 0.527. The molecule has 5 heteroatoms. The zero-order chi connectivity index (χ0) is 14.4. The number of nitrogens with zero attached hydrogens (tertiary/aromatic N) is 1. The first-order valence-corrected chi connectivity index (χ1v) is 6.89. The quantitative estimate of drug-likeness (QED) is 0.817. The van der Waals surface area contributed by atoms with E-state index in [-0.39, 0.29) is 24.5 Å². The number of hydrogen-bond acceptors (Lipinski definition) is 4. The van der Waals surface area contributed by atoms with Crippen LogP contribution in [0.1, 0.15) is 23.2 Å². The topological polar surface area (TPSA) is 58.6 Å². The third-order valence-electron chi connectivity index (χ3n) is 3.40. The lowest BCUT2D eigenvalue weighted by molar-refractivity contribution is -0.132. The van der Waals surface area contributed by atoms with Crippen LogP contribution in [0.25, 0.3) is 0 Å². The van der Waals surface area contributed by atoms with Crippen molar-refractivity contribution in [2.75, 3.05) is 26.7 Å². The van der Waals surface area contributed by atoms with Crippen LogP contribution in [0.3, 0.4) is 0 Å². The minimum absolute atomic E-state index is 0.0678. The third-order valence-corrected chi connectivity index (χ3v) is 3.40. The Morgan fingerprint density at radius 1 is 1.35 bits per heavy atom. The van der Waals surface area contributed by atoms with Crippen molar-refractivity contribution in [2.24, 2.45) is 0 Å². The van der Waals surface area contributed by atoms with Gasteiger partial charge in [0.25, 0.3) is 0 Å². The lowest BCUT2D eigenvalue weighted by Gasteiger charge is -2.20. The molecule has 1 aromatic rings. The summed E-state index contributed by atoms with van der Waals surface area (Å²) in [6, 6.07) is 8.76. The number of ether oxygens (including phenoxy) is 1. The molecule has 1 aliphatic rings. The molecule has 0 saturated carbocycles. The van der Waals surface area contributed by atoms with Gasteiger partial charge < -0.3 is 15.0 Å². The summed E-state index contributed by atoms with van der Waals surface area (Å²) in [6.45, 7) is 1.52. The molecule has 0 bridgehead atoms. The number of hydrogen-bond donors (Lipinski definition) is 1. The predicted octanol–water partition coefficient (Wildman–Crippen LogP) is 1.05. The van der Waals surface area contributed by atoms with Gasteiger partial charge in [0.15, 0.2) is 0 Å². The van der Waals surface area contributed by atoms with E-state index in [2.05, 4.69) is 5.32 Å². The highest BCUT2D eigenvalue weighted by molar-refractivity contribution is 5.89. The summed E-state index contributed by atoms with van der Waals surface area (Å²) in [5, 5.41) is 3.16. The van der Waals surface area contributed by atoms with Crippen LogP contribution in [0.5, 0.6) is 0 Å². The number of rotatable bonds is 5. The summed E-state index contributed by atoms with van der Waals surface area (Å²) < 4.78 is 5.16. The van der Waals surface area contributed by atoms with Gasteiger partial charge in [-0.3, -0.25) is 4.79 Å². The molecule has 2 rings (SSSR count). The maximum Gasteiger partial charge on any atom is 0.338 e. The average molecular weight is 276 g/mol. The monoisotopic (exact) mass is 276 g/mol. The van der Waals surface area contributed by atoms with E-state index < -0.39 is 0 Å². The van der Waals surface area contributed by atoms with E-state index in [0.717, 1.165) is 19.4 Å². The van der Waals surface area contributed by atoms with Gasteiger partial charge in [0.2, 0.25) is 5.91 Å². The Balaban J connectivity index is 1.72. The Kier molecular flexibility index (Phi) is 5.12. The molecule has 5 nitrogen and oxygen atoms in total. The number of likely N-dealkylation sites (N-methyl/N-ethyl adjacent to an activating group) is 1. The largest absolute Gasteiger partial charge is 0.460 e. The molecule has 1 aliphatic heterocycles. The normalized spacial score (nSPS) is 17.8. The summed E-state index contributed by atoms with van der Waals surface area (Å²) >= 11 is 0. The second-order valence-corrected chi connectivity index (χ2v) is 4.91. The predicted molar refractivity (Wildman–Crippen MR) is 75.4 cm³/mol. The van der Waals surface area contributed by atoms with Crippen LogP contribution in [0.2, 0.25) is 0 Å². The summed E-state index contributed by atoms with van der Waals surface area (Å²) in [6.07, 6.45) is 1.92. The molecule has 1 fully saturated rings. The van der Waals surface area contributed by atoms with E-state index >= 15 is 0 Å². The van der Waals surface area contributed by atoms with Gasteiger partial charge in [-0.05, 0) is 31.5 Å². The number of esters is 1. The van der Waals surface area contributed by atoms with Crippen molar-refractivity contribution in [3.63, 3.8) is 0 Å². The van der Waals surface area contributed by atoms with Gasteiger partial charge in [0.05, 0.1) is 18.2 Å². The Bertz CT molecular complexity index is 455. The third kappa shape index (κ3) is 3.81. The Morgan fingerprint density at radius 2 is 2.10 bits per heavy atom. The Hall–Kier alpha value is -1.88. The molecule has 1 aromatic carbocycles. The van der Waals surface area contributed by atoms with Gasteiger partial charge in [0, 0.05) is 7.05 Å². The van der Waals surface area contributed by atoms with Gasteiger partial charge in [-0.1, -0.05) is 18.2 Å². The maximum atomic E-state index is 12.0. The zero-order valence-corrected chi connectivity index (χ0v) is 11.7. The van der Waals surface area contributed by atoms with Crippen LogP contribution in [0.15, 0.2) is 30.3 Å². The minimum Gasteiger partial charge on any atom is -0.460 e. The second-order valence-electron chi connectivity index (χ2n) is 4.91. The van der Waals surface area contributed by atoms with Gasteiger partial charge in [-0.15, -0.1) is 0 Å². The molecule has 0 aromatic heterocycles. The number of amides is 1. The first-order chi connectivity index (χ1) is 9.68. The zero-order valence-electron chi connectivity index (χ0n) is 11.7. The molecule has 1 atom stereocenters.